The van der Waals surface area contributed by atoms with Gasteiger partial charge in [0.2, 0.25) is 0 Å². The van der Waals surface area contributed by atoms with E-state index < -0.39 is 10.0 Å². The highest BCUT2D eigenvalue weighted by atomic mass is 32.2. The van der Waals surface area contributed by atoms with Gasteiger partial charge < -0.3 is 14.6 Å². The topological polar surface area (TPSA) is 97.2 Å². The summed E-state index contributed by atoms with van der Waals surface area (Å²) in [4.78, 5) is 4.33. The van der Waals surface area contributed by atoms with E-state index in [1.807, 2.05) is 0 Å². The molecule has 0 aliphatic rings. The standard InChI is InChI=1S/C21H20N2O5S/c1-27-18-11-9-16(10-12-18)23-29(25,26)19-7-4-6-17(13-19)22-14-15-5-3-8-20(28-2)21(15)24/h3-14,23-24H,1-2H3. The Morgan fingerprint density at radius 2 is 1.69 bits per heavy atom. The second kappa shape index (κ2) is 8.66. The number of hydrogen-bond donors (Lipinski definition) is 2. The van der Waals surface area contributed by atoms with Crippen molar-refractivity contribution in [2.45, 2.75) is 4.90 Å². The molecule has 0 unspecified atom stereocenters. The number of aliphatic imine (C=N–C) groups is 1. The summed E-state index contributed by atoms with van der Waals surface area (Å²) in [6.07, 6.45) is 1.44. The van der Waals surface area contributed by atoms with Crippen LogP contribution < -0.4 is 14.2 Å². The predicted molar refractivity (Wildman–Crippen MR) is 112 cm³/mol. The van der Waals surface area contributed by atoms with Crippen LogP contribution in [0.25, 0.3) is 0 Å². The number of methoxy groups -OCH3 is 2. The molecule has 2 N–H and O–H groups in total. The first-order valence-corrected chi connectivity index (χ1v) is 10.1. The van der Waals surface area contributed by atoms with Crippen LogP contribution in [0.15, 0.2) is 76.6 Å². The summed E-state index contributed by atoms with van der Waals surface area (Å²) in [5.74, 6) is 0.919. The minimum absolute atomic E-state index is 0.0382. The van der Waals surface area contributed by atoms with Crippen molar-refractivity contribution < 1.29 is 23.0 Å². The molecule has 0 spiro atoms. The van der Waals surface area contributed by atoms with Gasteiger partial charge >= 0.3 is 0 Å². The number of ether oxygens (including phenoxy) is 2. The zero-order valence-corrected chi connectivity index (χ0v) is 16.7. The first-order valence-electron chi connectivity index (χ1n) is 8.60. The fourth-order valence-corrected chi connectivity index (χ4v) is 3.65. The first kappa shape index (κ1) is 20.2. The van der Waals surface area contributed by atoms with E-state index in [2.05, 4.69) is 9.71 Å². The van der Waals surface area contributed by atoms with E-state index in [9.17, 15) is 13.5 Å². The number of phenolic OH excluding ortho intramolecular Hbond substituents is 1. The molecule has 8 heteroatoms. The monoisotopic (exact) mass is 412 g/mol. The van der Waals surface area contributed by atoms with E-state index in [1.54, 1.807) is 54.6 Å². The summed E-state index contributed by atoms with van der Waals surface area (Å²) in [6.45, 7) is 0. The van der Waals surface area contributed by atoms with Gasteiger partial charge in [-0.3, -0.25) is 9.71 Å². The van der Waals surface area contributed by atoms with E-state index in [-0.39, 0.29) is 10.6 Å². The third kappa shape index (κ3) is 4.85. The summed E-state index contributed by atoms with van der Waals surface area (Å²) in [5.41, 5.74) is 1.29. The zero-order valence-electron chi connectivity index (χ0n) is 15.9. The Labute approximate surface area is 169 Å². The highest BCUT2D eigenvalue weighted by Crippen LogP contribution is 2.29. The number of nitrogens with one attached hydrogen (secondary N) is 1. The van der Waals surface area contributed by atoms with E-state index in [0.29, 0.717) is 28.4 Å². The number of rotatable bonds is 7. The zero-order chi connectivity index (χ0) is 20.9. The number of anilines is 1. The molecule has 0 aromatic heterocycles. The number of nitrogens with zero attached hydrogens (tertiary/aromatic N) is 1. The van der Waals surface area contributed by atoms with E-state index in [0.717, 1.165) is 0 Å². The molecule has 0 radical (unpaired) electrons. The van der Waals surface area contributed by atoms with Gasteiger partial charge in [-0.2, -0.15) is 0 Å². The summed E-state index contributed by atoms with van der Waals surface area (Å²) in [7, 11) is -0.795. The number of sulfonamides is 1. The SMILES string of the molecule is COc1ccc(NS(=O)(=O)c2cccc(N=Cc3cccc(OC)c3O)c2)cc1. The molecule has 0 saturated carbocycles. The van der Waals surface area contributed by atoms with Gasteiger partial charge in [-0.05, 0) is 54.6 Å². The quantitative estimate of drug-likeness (QED) is 0.573. The third-order valence-corrected chi connectivity index (χ3v) is 5.45. The van der Waals surface area contributed by atoms with Gasteiger partial charge in [-0.1, -0.05) is 12.1 Å². The summed E-state index contributed by atoms with van der Waals surface area (Å²) in [5, 5.41) is 10.1. The van der Waals surface area contributed by atoms with Crippen LogP contribution in [0.5, 0.6) is 17.2 Å². The van der Waals surface area contributed by atoms with Crippen LogP contribution in [0, 0.1) is 0 Å². The molecule has 0 heterocycles. The Morgan fingerprint density at radius 3 is 2.38 bits per heavy atom. The van der Waals surface area contributed by atoms with Crippen molar-refractivity contribution in [1.29, 1.82) is 0 Å². The van der Waals surface area contributed by atoms with Crippen LogP contribution in [0.3, 0.4) is 0 Å². The van der Waals surface area contributed by atoms with Crippen molar-refractivity contribution >= 4 is 27.6 Å². The van der Waals surface area contributed by atoms with Crippen LogP contribution in [0.2, 0.25) is 0 Å². The van der Waals surface area contributed by atoms with Gasteiger partial charge in [0.05, 0.1) is 24.8 Å². The number of benzene rings is 3. The second-order valence-corrected chi connectivity index (χ2v) is 7.67. The molecule has 0 aliphatic carbocycles. The molecular weight excluding hydrogens is 392 g/mol. The van der Waals surface area contributed by atoms with Crippen LogP contribution >= 0.6 is 0 Å². The average molecular weight is 412 g/mol. The molecule has 7 nitrogen and oxygen atoms in total. The number of aromatic hydroxyl groups is 1. The van der Waals surface area contributed by atoms with Crippen molar-refractivity contribution in [3.63, 3.8) is 0 Å². The minimum Gasteiger partial charge on any atom is -0.504 e. The van der Waals surface area contributed by atoms with Gasteiger partial charge in [0.1, 0.15) is 5.75 Å². The fourth-order valence-electron chi connectivity index (χ4n) is 2.56. The average Bonchev–Trinajstić information content (AvgIpc) is 2.73. The molecule has 3 aromatic rings. The molecule has 0 amide bonds. The Balaban J connectivity index is 1.83. The number of phenols is 1. The maximum absolute atomic E-state index is 12.7. The normalized spacial score (nSPS) is 11.4. The van der Waals surface area contributed by atoms with Crippen molar-refractivity contribution in [3.8, 4) is 17.2 Å². The highest BCUT2D eigenvalue weighted by Gasteiger charge is 2.14. The number of para-hydroxylation sites is 1. The summed E-state index contributed by atoms with van der Waals surface area (Å²) in [6, 6.07) is 17.8. The number of hydrogen-bond acceptors (Lipinski definition) is 6. The van der Waals surface area contributed by atoms with Gasteiger partial charge in [0.25, 0.3) is 10.0 Å². The summed E-state index contributed by atoms with van der Waals surface area (Å²) < 4.78 is 38.0. The molecule has 0 aliphatic heterocycles. The lowest BCUT2D eigenvalue weighted by Gasteiger charge is -2.09. The Kier molecular flexibility index (Phi) is 6.04. The van der Waals surface area contributed by atoms with Gasteiger partial charge in [0, 0.05) is 17.5 Å². The molecule has 0 saturated heterocycles. The van der Waals surface area contributed by atoms with Gasteiger partial charge in [-0.25, -0.2) is 8.42 Å². The van der Waals surface area contributed by atoms with Crippen molar-refractivity contribution in [1.82, 2.24) is 0 Å². The van der Waals surface area contributed by atoms with Crippen molar-refractivity contribution in [2.24, 2.45) is 4.99 Å². The molecule has 150 valence electrons. The second-order valence-electron chi connectivity index (χ2n) is 5.99. The minimum atomic E-state index is -3.79. The molecular formula is C21H20N2O5S. The predicted octanol–water partition coefficient (Wildman–Crippen LogP) is 3.96. The first-order chi connectivity index (χ1) is 13.9. The van der Waals surface area contributed by atoms with E-state index in [4.69, 9.17) is 9.47 Å². The van der Waals surface area contributed by atoms with Crippen LogP contribution in [-0.4, -0.2) is 34.0 Å². The lowest BCUT2D eigenvalue weighted by molar-refractivity contribution is 0.373. The Bertz CT molecular complexity index is 1130. The Hall–Kier alpha value is -3.52. The van der Waals surface area contributed by atoms with E-state index >= 15 is 0 Å². The maximum atomic E-state index is 12.7. The fraction of sp³-hybridized carbons (Fsp3) is 0.0952. The maximum Gasteiger partial charge on any atom is 0.261 e. The molecule has 0 fully saturated rings. The van der Waals surface area contributed by atoms with Crippen LogP contribution in [0.4, 0.5) is 11.4 Å². The highest BCUT2D eigenvalue weighted by molar-refractivity contribution is 7.92. The Morgan fingerprint density at radius 1 is 0.966 bits per heavy atom. The molecule has 0 bridgehead atoms. The summed E-state index contributed by atoms with van der Waals surface area (Å²) >= 11 is 0. The van der Waals surface area contributed by atoms with E-state index in [1.165, 1.54) is 32.6 Å². The van der Waals surface area contributed by atoms with Crippen molar-refractivity contribution in [3.05, 3.63) is 72.3 Å². The van der Waals surface area contributed by atoms with Crippen LogP contribution in [0.1, 0.15) is 5.56 Å². The smallest absolute Gasteiger partial charge is 0.261 e. The molecule has 0 atom stereocenters. The van der Waals surface area contributed by atoms with Gasteiger partial charge in [-0.15, -0.1) is 0 Å². The molecule has 3 aromatic carbocycles. The lowest BCUT2D eigenvalue weighted by atomic mass is 10.2. The van der Waals surface area contributed by atoms with Crippen LogP contribution in [-0.2, 0) is 10.0 Å². The van der Waals surface area contributed by atoms with Crippen molar-refractivity contribution in [2.75, 3.05) is 18.9 Å². The largest absolute Gasteiger partial charge is 0.504 e. The third-order valence-electron chi connectivity index (χ3n) is 4.07. The molecule has 3 rings (SSSR count). The van der Waals surface area contributed by atoms with Gasteiger partial charge in [0.15, 0.2) is 11.5 Å². The molecule has 29 heavy (non-hydrogen) atoms. The lowest BCUT2D eigenvalue weighted by Crippen LogP contribution is -2.12.